The average Bonchev–Trinajstić information content (AvgIpc) is 2.21. The number of aryl methyl sites for hydroxylation is 1. The number of rotatable bonds is 1. The van der Waals surface area contributed by atoms with E-state index in [1.54, 1.807) is 0 Å². The SMILES string of the molecule is Cc1cccc2c1NC(C)C(CC#N)O2. The summed E-state index contributed by atoms with van der Waals surface area (Å²) in [5.74, 6) is 0.855. The van der Waals surface area contributed by atoms with Crippen molar-refractivity contribution in [1.82, 2.24) is 0 Å². The molecule has 0 saturated heterocycles. The number of hydrogen-bond donors (Lipinski definition) is 1. The Hall–Kier alpha value is -1.69. The third-order valence-corrected chi connectivity index (χ3v) is 2.74. The Bertz CT molecular complexity index is 409. The molecule has 1 aromatic rings. The standard InChI is InChI=1S/C12H14N2O/c1-8-4-3-5-11-12(8)14-9(2)10(15-11)6-7-13/h3-5,9-10,14H,6H2,1-2H3. The van der Waals surface area contributed by atoms with Crippen molar-refractivity contribution in [1.29, 1.82) is 5.26 Å². The number of nitrogens with one attached hydrogen (secondary N) is 1. The third-order valence-electron chi connectivity index (χ3n) is 2.74. The van der Waals surface area contributed by atoms with E-state index in [1.807, 2.05) is 32.0 Å². The number of hydrogen-bond acceptors (Lipinski definition) is 3. The van der Waals surface area contributed by atoms with Crippen LogP contribution in [0.15, 0.2) is 18.2 Å². The summed E-state index contributed by atoms with van der Waals surface area (Å²) in [6, 6.07) is 8.28. The van der Waals surface area contributed by atoms with Crippen LogP contribution < -0.4 is 10.1 Å². The highest BCUT2D eigenvalue weighted by Crippen LogP contribution is 2.34. The van der Waals surface area contributed by atoms with Crippen molar-refractivity contribution >= 4 is 5.69 Å². The molecule has 0 radical (unpaired) electrons. The van der Waals surface area contributed by atoms with E-state index in [4.69, 9.17) is 10.00 Å². The monoisotopic (exact) mass is 202 g/mol. The smallest absolute Gasteiger partial charge is 0.143 e. The first-order valence-electron chi connectivity index (χ1n) is 5.12. The zero-order valence-electron chi connectivity index (χ0n) is 8.95. The van der Waals surface area contributed by atoms with Crippen LogP contribution in [0, 0.1) is 18.3 Å². The topological polar surface area (TPSA) is 45.0 Å². The van der Waals surface area contributed by atoms with Crippen LogP contribution >= 0.6 is 0 Å². The molecule has 2 unspecified atom stereocenters. The summed E-state index contributed by atoms with van der Waals surface area (Å²) in [5, 5.41) is 12.1. The van der Waals surface area contributed by atoms with Gasteiger partial charge in [0.1, 0.15) is 11.9 Å². The van der Waals surface area contributed by atoms with Gasteiger partial charge in [-0.3, -0.25) is 0 Å². The number of para-hydroxylation sites is 1. The van der Waals surface area contributed by atoms with Crippen molar-refractivity contribution in [2.45, 2.75) is 32.4 Å². The molecule has 1 aliphatic rings. The van der Waals surface area contributed by atoms with Gasteiger partial charge in [0.25, 0.3) is 0 Å². The van der Waals surface area contributed by atoms with Crippen molar-refractivity contribution in [3.8, 4) is 11.8 Å². The average molecular weight is 202 g/mol. The Morgan fingerprint density at radius 2 is 2.33 bits per heavy atom. The van der Waals surface area contributed by atoms with Crippen LogP contribution in [0.2, 0.25) is 0 Å². The first-order valence-corrected chi connectivity index (χ1v) is 5.12. The van der Waals surface area contributed by atoms with Crippen LogP contribution in [0.4, 0.5) is 5.69 Å². The highest BCUT2D eigenvalue weighted by atomic mass is 16.5. The molecule has 1 aromatic carbocycles. The lowest BCUT2D eigenvalue weighted by atomic mass is 10.0. The molecule has 0 bridgehead atoms. The Kier molecular flexibility index (Phi) is 2.51. The molecule has 0 aromatic heterocycles. The number of nitriles is 1. The quantitative estimate of drug-likeness (QED) is 0.760. The second-order valence-electron chi connectivity index (χ2n) is 3.90. The van der Waals surface area contributed by atoms with Crippen molar-refractivity contribution < 1.29 is 4.74 Å². The molecule has 0 aliphatic carbocycles. The van der Waals surface area contributed by atoms with E-state index in [0.717, 1.165) is 11.4 Å². The largest absolute Gasteiger partial charge is 0.485 e. The molecule has 1 heterocycles. The first kappa shape index (κ1) is 9.85. The number of ether oxygens (including phenoxy) is 1. The van der Waals surface area contributed by atoms with Crippen molar-refractivity contribution in [3.05, 3.63) is 23.8 Å². The Labute approximate surface area is 89.7 Å². The van der Waals surface area contributed by atoms with Gasteiger partial charge >= 0.3 is 0 Å². The zero-order chi connectivity index (χ0) is 10.8. The van der Waals surface area contributed by atoms with Gasteiger partial charge in [-0.15, -0.1) is 0 Å². The lowest BCUT2D eigenvalue weighted by molar-refractivity contribution is 0.179. The van der Waals surface area contributed by atoms with Gasteiger partial charge in [0.2, 0.25) is 0 Å². The normalized spacial score (nSPS) is 23.3. The molecule has 0 saturated carbocycles. The van der Waals surface area contributed by atoms with Gasteiger partial charge in [0.05, 0.1) is 24.2 Å². The minimum atomic E-state index is -0.0516. The third kappa shape index (κ3) is 1.75. The maximum Gasteiger partial charge on any atom is 0.143 e. The fraction of sp³-hybridized carbons (Fsp3) is 0.417. The second-order valence-corrected chi connectivity index (χ2v) is 3.90. The molecule has 3 nitrogen and oxygen atoms in total. The van der Waals surface area contributed by atoms with E-state index < -0.39 is 0 Å². The van der Waals surface area contributed by atoms with Gasteiger partial charge in [-0.2, -0.15) is 5.26 Å². The summed E-state index contributed by atoms with van der Waals surface area (Å²) in [6.07, 6.45) is 0.367. The summed E-state index contributed by atoms with van der Waals surface area (Å²) in [7, 11) is 0. The minimum absolute atomic E-state index is 0.0516. The Morgan fingerprint density at radius 3 is 3.07 bits per heavy atom. The number of anilines is 1. The summed E-state index contributed by atoms with van der Waals surface area (Å²) >= 11 is 0. The maximum atomic E-state index is 8.68. The van der Waals surface area contributed by atoms with Crippen molar-refractivity contribution in [2.75, 3.05) is 5.32 Å². The number of nitrogens with zero attached hydrogens (tertiary/aromatic N) is 1. The van der Waals surface area contributed by atoms with Crippen LogP contribution in [0.3, 0.4) is 0 Å². The lowest BCUT2D eigenvalue weighted by Gasteiger charge is -2.32. The van der Waals surface area contributed by atoms with Crippen molar-refractivity contribution in [2.24, 2.45) is 0 Å². The predicted octanol–water partition coefficient (Wildman–Crippen LogP) is 2.47. The van der Waals surface area contributed by atoms with E-state index in [1.165, 1.54) is 5.56 Å². The van der Waals surface area contributed by atoms with E-state index in [-0.39, 0.29) is 12.1 Å². The van der Waals surface area contributed by atoms with Gasteiger partial charge in [0, 0.05) is 0 Å². The van der Waals surface area contributed by atoms with Crippen LogP contribution in [-0.2, 0) is 0 Å². The van der Waals surface area contributed by atoms with Crippen LogP contribution in [0.25, 0.3) is 0 Å². The predicted molar refractivity (Wildman–Crippen MR) is 58.9 cm³/mol. The molecule has 0 spiro atoms. The van der Waals surface area contributed by atoms with Gasteiger partial charge in [-0.25, -0.2) is 0 Å². The molecule has 78 valence electrons. The first-order chi connectivity index (χ1) is 7.22. The van der Waals surface area contributed by atoms with Crippen molar-refractivity contribution in [3.63, 3.8) is 0 Å². The number of fused-ring (bicyclic) bond motifs is 1. The fourth-order valence-corrected chi connectivity index (χ4v) is 1.82. The van der Waals surface area contributed by atoms with Gasteiger partial charge in [-0.05, 0) is 25.5 Å². The van der Waals surface area contributed by atoms with Gasteiger partial charge in [0.15, 0.2) is 0 Å². The van der Waals surface area contributed by atoms with Crippen LogP contribution in [0.5, 0.6) is 5.75 Å². The summed E-state index contributed by atoms with van der Waals surface area (Å²) < 4.78 is 5.78. The summed E-state index contributed by atoms with van der Waals surface area (Å²) in [4.78, 5) is 0. The molecule has 2 atom stereocenters. The van der Waals surface area contributed by atoms with E-state index in [0.29, 0.717) is 6.42 Å². The highest BCUT2D eigenvalue weighted by molar-refractivity contribution is 5.63. The minimum Gasteiger partial charge on any atom is -0.485 e. The summed E-state index contributed by atoms with van der Waals surface area (Å²) in [5.41, 5.74) is 2.23. The molecule has 0 fully saturated rings. The molecule has 0 amide bonds. The van der Waals surface area contributed by atoms with Gasteiger partial charge in [-0.1, -0.05) is 12.1 Å². The highest BCUT2D eigenvalue weighted by Gasteiger charge is 2.26. The molecule has 15 heavy (non-hydrogen) atoms. The van der Waals surface area contributed by atoms with E-state index in [2.05, 4.69) is 11.4 Å². The molecule has 1 aliphatic heterocycles. The van der Waals surface area contributed by atoms with Gasteiger partial charge < -0.3 is 10.1 Å². The number of benzene rings is 1. The summed E-state index contributed by atoms with van der Waals surface area (Å²) in [6.45, 7) is 4.09. The molecule has 2 rings (SSSR count). The Morgan fingerprint density at radius 1 is 1.53 bits per heavy atom. The van der Waals surface area contributed by atoms with E-state index >= 15 is 0 Å². The molecular formula is C12H14N2O. The fourth-order valence-electron chi connectivity index (χ4n) is 1.82. The molecule has 3 heteroatoms. The molecular weight excluding hydrogens is 188 g/mol. The molecule has 1 N–H and O–H groups in total. The second kappa shape index (κ2) is 3.82. The maximum absolute atomic E-state index is 8.68. The lowest BCUT2D eigenvalue weighted by Crippen LogP contribution is -2.39. The Balaban J connectivity index is 2.30. The van der Waals surface area contributed by atoms with Crippen LogP contribution in [0.1, 0.15) is 18.9 Å². The van der Waals surface area contributed by atoms with Crippen LogP contribution in [-0.4, -0.2) is 12.1 Å². The zero-order valence-corrected chi connectivity index (χ0v) is 8.95. The van der Waals surface area contributed by atoms with E-state index in [9.17, 15) is 0 Å².